The lowest BCUT2D eigenvalue weighted by Crippen LogP contribution is -2.47. The summed E-state index contributed by atoms with van der Waals surface area (Å²) in [5, 5.41) is 9.18. The summed E-state index contributed by atoms with van der Waals surface area (Å²) in [7, 11) is 0. The molecule has 1 atom stereocenters. The number of likely N-dealkylation sites (tertiary alicyclic amines) is 1. The number of amides is 2. The zero-order valence-electron chi connectivity index (χ0n) is 17.9. The van der Waals surface area contributed by atoms with Crippen LogP contribution in [0.4, 0.5) is 10.1 Å². The standard InChI is InChI=1S/C23H32FN5O2/c1-25-28-16-2-5-18(6-3-16)29-12-10-15(11-13-29)19-7-4-17(14-20(19)24)26-21-8-9-22(30)27-23(21)31/h4,7,14-16,18,21,26,28H,1-3,5-6,8-13H2,(H,27,30,31). The number of anilines is 1. The molecular weight excluding hydrogens is 397 g/mol. The number of carbonyl (C=O) groups is 2. The van der Waals surface area contributed by atoms with Crippen molar-refractivity contribution in [3.05, 3.63) is 29.6 Å². The van der Waals surface area contributed by atoms with Crippen molar-refractivity contribution < 1.29 is 14.0 Å². The van der Waals surface area contributed by atoms with Gasteiger partial charge < -0.3 is 15.6 Å². The van der Waals surface area contributed by atoms with E-state index in [1.807, 2.05) is 12.1 Å². The highest BCUT2D eigenvalue weighted by atomic mass is 19.1. The summed E-state index contributed by atoms with van der Waals surface area (Å²) >= 11 is 0. The lowest BCUT2D eigenvalue weighted by atomic mass is 9.85. The number of carbonyl (C=O) groups excluding carboxylic acids is 2. The molecule has 2 heterocycles. The first-order valence-corrected chi connectivity index (χ1v) is 11.4. The maximum atomic E-state index is 14.9. The van der Waals surface area contributed by atoms with Crippen LogP contribution in [0.3, 0.4) is 0 Å². The second-order valence-corrected chi connectivity index (χ2v) is 8.99. The van der Waals surface area contributed by atoms with Crippen LogP contribution in [-0.4, -0.2) is 54.6 Å². The number of hydrazone groups is 1. The Hall–Kier alpha value is -2.48. The van der Waals surface area contributed by atoms with Crippen LogP contribution in [0, 0.1) is 5.82 Å². The van der Waals surface area contributed by atoms with Crippen molar-refractivity contribution in [1.29, 1.82) is 0 Å². The summed E-state index contributed by atoms with van der Waals surface area (Å²) in [5.74, 6) is -0.601. The minimum Gasteiger partial charge on any atom is -0.374 e. The summed E-state index contributed by atoms with van der Waals surface area (Å²) in [5.41, 5.74) is 4.43. The fraction of sp³-hybridized carbons (Fsp3) is 0.609. The van der Waals surface area contributed by atoms with Crippen LogP contribution in [-0.2, 0) is 9.59 Å². The maximum absolute atomic E-state index is 14.9. The molecule has 2 saturated heterocycles. The third kappa shape index (κ3) is 5.23. The smallest absolute Gasteiger partial charge is 0.249 e. The van der Waals surface area contributed by atoms with Gasteiger partial charge in [0.2, 0.25) is 11.8 Å². The number of nitrogens with zero attached hydrogens (tertiary/aromatic N) is 2. The van der Waals surface area contributed by atoms with E-state index >= 15 is 0 Å². The Bertz CT molecular complexity index is 816. The molecule has 3 N–H and O–H groups in total. The topological polar surface area (TPSA) is 85.8 Å². The maximum Gasteiger partial charge on any atom is 0.249 e. The predicted octanol–water partition coefficient (Wildman–Crippen LogP) is 2.74. The summed E-state index contributed by atoms with van der Waals surface area (Å²) in [6, 6.07) is 5.74. The molecule has 3 aliphatic rings. The quantitative estimate of drug-likeness (QED) is 0.368. The number of benzene rings is 1. The number of halogens is 1. The van der Waals surface area contributed by atoms with Gasteiger partial charge in [-0.1, -0.05) is 6.07 Å². The highest BCUT2D eigenvalue weighted by Crippen LogP contribution is 2.34. The van der Waals surface area contributed by atoms with Crippen LogP contribution in [0.5, 0.6) is 0 Å². The van der Waals surface area contributed by atoms with Crippen molar-refractivity contribution in [3.8, 4) is 0 Å². The summed E-state index contributed by atoms with van der Waals surface area (Å²) < 4.78 is 14.9. The van der Waals surface area contributed by atoms with E-state index in [0.29, 0.717) is 30.6 Å². The molecule has 2 aliphatic heterocycles. The van der Waals surface area contributed by atoms with Gasteiger partial charge in [0.1, 0.15) is 11.9 Å². The van der Waals surface area contributed by atoms with Gasteiger partial charge in [0.05, 0.1) is 0 Å². The number of hydrogen-bond donors (Lipinski definition) is 3. The normalized spacial score (nSPS) is 28.1. The molecule has 0 spiro atoms. The molecule has 168 valence electrons. The number of hydrogen-bond acceptors (Lipinski definition) is 6. The van der Waals surface area contributed by atoms with Gasteiger partial charge in [-0.2, -0.15) is 5.10 Å². The van der Waals surface area contributed by atoms with Crippen LogP contribution < -0.4 is 16.1 Å². The second-order valence-electron chi connectivity index (χ2n) is 8.99. The van der Waals surface area contributed by atoms with E-state index in [9.17, 15) is 14.0 Å². The fourth-order valence-corrected chi connectivity index (χ4v) is 5.26. The molecule has 0 bridgehead atoms. The average Bonchev–Trinajstić information content (AvgIpc) is 2.77. The molecule has 0 radical (unpaired) electrons. The van der Waals surface area contributed by atoms with Crippen LogP contribution in [0.25, 0.3) is 0 Å². The Morgan fingerprint density at radius 2 is 1.81 bits per heavy atom. The zero-order valence-corrected chi connectivity index (χ0v) is 17.9. The third-order valence-electron chi connectivity index (χ3n) is 7.04. The highest BCUT2D eigenvalue weighted by Gasteiger charge is 2.30. The van der Waals surface area contributed by atoms with E-state index in [1.165, 1.54) is 18.9 Å². The second kappa shape index (κ2) is 9.77. The molecule has 4 rings (SSSR count). The number of rotatable bonds is 6. The Morgan fingerprint density at radius 3 is 2.45 bits per heavy atom. The van der Waals surface area contributed by atoms with Crippen molar-refractivity contribution in [3.63, 3.8) is 0 Å². The summed E-state index contributed by atoms with van der Waals surface area (Å²) in [4.78, 5) is 25.8. The average molecular weight is 430 g/mol. The third-order valence-corrected chi connectivity index (χ3v) is 7.04. The van der Waals surface area contributed by atoms with E-state index < -0.39 is 6.04 Å². The van der Waals surface area contributed by atoms with Crippen molar-refractivity contribution >= 4 is 24.2 Å². The first-order chi connectivity index (χ1) is 15.0. The van der Waals surface area contributed by atoms with Crippen LogP contribution >= 0.6 is 0 Å². The molecular formula is C23H32FN5O2. The summed E-state index contributed by atoms with van der Waals surface area (Å²) in [6.45, 7) is 5.52. The minimum absolute atomic E-state index is 0.223. The lowest BCUT2D eigenvalue weighted by Gasteiger charge is -2.41. The van der Waals surface area contributed by atoms with Gasteiger partial charge in [0, 0.05) is 30.9 Å². The van der Waals surface area contributed by atoms with Crippen LogP contribution in [0.1, 0.15) is 62.8 Å². The largest absolute Gasteiger partial charge is 0.374 e. The first kappa shape index (κ1) is 21.7. The van der Waals surface area contributed by atoms with E-state index in [0.717, 1.165) is 44.3 Å². The molecule has 8 heteroatoms. The van der Waals surface area contributed by atoms with Crippen LogP contribution in [0.15, 0.2) is 23.3 Å². The van der Waals surface area contributed by atoms with E-state index in [4.69, 9.17) is 0 Å². The predicted molar refractivity (Wildman–Crippen MR) is 118 cm³/mol. The Kier molecular flexibility index (Phi) is 6.85. The Balaban J connectivity index is 1.29. The molecule has 0 aromatic heterocycles. The SMILES string of the molecule is C=NNC1CCC(N2CCC(c3ccc(NC4CCC(=O)NC4=O)cc3F)CC2)CC1. The first-order valence-electron chi connectivity index (χ1n) is 11.4. The van der Waals surface area contributed by atoms with Crippen molar-refractivity contribution in [2.24, 2.45) is 5.10 Å². The molecule has 1 aromatic rings. The molecule has 1 aliphatic carbocycles. The van der Waals surface area contributed by atoms with E-state index in [-0.39, 0.29) is 23.5 Å². The van der Waals surface area contributed by atoms with Gasteiger partial charge in [0.15, 0.2) is 0 Å². The van der Waals surface area contributed by atoms with E-state index in [2.05, 4.69) is 32.8 Å². The van der Waals surface area contributed by atoms with Crippen molar-refractivity contribution in [2.75, 3.05) is 18.4 Å². The molecule has 3 fully saturated rings. The van der Waals surface area contributed by atoms with Crippen LogP contribution in [0.2, 0.25) is 0 Å². The van der Waals surface area contributed by atoms with Gasteiger partial charge in [-0.15, -0.1) is 0 Å². The van der Waals surface area contributed by atoms with E-state index in [1.54, 1.807) is 0 Å². The van der Waals surface area contributed by atoms with Gasteiger partial charge in [-0.25, -0.2) is 4.39 Å². The molecule has 31 heavy (non-hydrogen) atoms. The highest BCUT2D eigenvalue weighted by molar-refractivity contribution is 6.01. The molecule has 1 aromatic carbocycles. The minimum atomic E-state index is -0.501. The van der Waals surface area contributed by atoms with Gasteiger partial charge in [-0.05, 0) is 81.6 Å². The fourth-order valence-electron chi connectivity index (χ4n) is 5.26. The zero-order chi connectivity index (χ0) is 21.8. The number of nitrogens with one attached hydrogen (secondary N) is 3. The summed E-state index contributed by atoms with van der Waals surface area (Å²) in [6.07, 6.45) is 7.24. The van der Waals surface area contributed by atoms with Crippen molar-refractivity contribution in [2.45, 2.75) is 75.4 Å². The van der Waals surface area contributed by atoms with Crippen molar-refractivity contribution in [1.82, 2.24) is 15.6 Å². The Labute approximate surface area is 182 Å². The molecule has 1 unspecified atom stereocenters. The Morgan fingerprint density at radius 1 is 1.06 bits per heavy atom. The van der Waals surface area contributed by atoms with Gasteiger partial charge in [0.25, 0.3) is 0 Å². The number of imide groups is 1. The molecule has 1 saturated carbocycles. The van der Waals surface area contributed by atoms with Gasteiger partial charge >= 0.3 is 0 Å². The lowest BCUT2D eigenvalue weighted by molar-refractivity contribution is -0.133. The number of piperidine rings is 2. The molecule has 2 amide bonds. The monoisotopic (exact) mass is 429 g/mol. The molecule has 7 nitrogen and oxygen atoms in total. The van der Waals surface area contributed by atoms with Gasteiger partial charge in [-0.3, -0.25) is 14.9 Å².